The molecule has 3 aliphatic heterocycles. The summed E-state index contributed by atoms with van der Waals surface area (Å²) in [5, 5.41) is 0. The Morgan fingerprint density at radius 3 is 2.31 bits per heavy atom. The molecule has 2 N–H and O–H groups in total. The number of piperidine rings is 1. The van der Waals surface area contributed by atoms with Gasteiger partial charge in [-0.3, -0.25) is 19.0 Å². The van der Waals surface area contributed by atoms with Crippen LogP contribution in [0.4, 0.5) is 5.69 Å². The molecule has 3 atom stereocenters. The Bertz CT molecular complexity index is 859. The lowest BCUT2D eigenvalue weighted by molar-refractivity contribution is -0.114. The highest BCUT2D eigenvalue weighted by Gasteiger charge is 2.54. The summed E-state index contributed by atoms with van der Waals surface area (Å²) >= 11 is 0. The van der Waals surface area contributed by atoms with Crippen LogP contribution in [-0.4, -0.2) is 47.8 Å². The van der Waals surface area contributed by atoms with Crippen LogP contribution in [0.5, 0.6) is 0 Å². The Kier molecular flexibility index (Phi) is 4.63. The largest absolute Gasteiger partial charge is 0.365 e. The molecule has 1 aromatic rings. The van der Waals surface area contributed by atoms with Crippen LogP contribution in [-0.2, 0) is 4.79 Å². The van der Waals surface area contributed by atoms with Gasteiger partial charge in [0, 0.05) is 43.8 Å². The molecule has 1 amide bonds. The highest BCUT2D eigenvalue weighted by atomic mass is 16.2. The van der Waals surface area contributed by atoms with Crippen LogP contribution in [0.25, 0.3) is 0 Å². The fourth-order valence-electron chi connectivity index (χ4n) is 6.81. The Morgan fingerprint density at radius 2 is 1.66 bits per heavy atom. The molecule has 4 aliphatic rings. The molecule has 0 radical (unpaired) electrons. The first kappa shape index (κ1) is 19.0. The second-order valence-electron chi connectivity index (χ2n) is 9.56. The van der Waals surface area contributed by atoms with Gasteiger partial charge >= 0.3 is 0 Å². The van der Waals surface area contributed by atoms with E-state index in [0.29, 0.717) is 34.2 Å². The summed E-state index contributed by atoms with van der Waals surface area (Å²) in [6.07, 6.45) is 12.8. The number of primary amides is 1. The topological polar surface area (TPSA) is 63.4 Å². The van der Waals surface area contributed by atoms with Crippen LogP contribution in [0.2, 0.25) is 0 Å². The smallest absolute Gasteiger partial charge is 0.258 e. The molecule has 3 heterocycles. The van der Waals surface area contributed by atoms with E-state index in [1.807, 2.05) is 18.3 Å². The molecule has 1 saturated carbocycles. The van der Waals surface area contributed by atoms with Crippen LogP contribution in [0.1, 0.15) is 68.1 Å². The summed E-state index contributed by atoms with van der Waals surface area (Å²) in [5.74, 6) is -0.785. The number of quaternary nitrogens is 1. The molecule has 5 heteroatoms. The number of carbonyl (C=O) groups excluding carboxylic acids is 2. The molecule has 2 saturated heterocycles. The van der Waals surface area contributed by atoms with Gasteiger partial charge in [0.2, 0.25) is 5.78 Å². The van der Waals surface area contributed by atoms with Gasteiger partial charge in [-0.15, -0.1) is 0 Å². The predicted octanol–water partition coefficient (Wildman–Crippen LogP) is 3.52. The molecule has 1 aliphatic carbocycles. The van der Waals surface area contributed by atoms with E-state index in [-0.39, 0.29) is 11.4 Å². The molecule has 2 bridgehead atoms. The van der Waals surface area contributed by atoms with Crippen molar-refractivity contribution >= 4 is 17.4 Å². The Hall–Kier alpha value is -1.98. The third-order valence-corrected chi connectivity index (χ3v) is 8.28. The van der Waals surface area contributed by atoms with Gasteiger partial charge < -0.3 is 5.73 Å². The summed E-state index contributed by atoms with van der Waals surface area (Å²) in [7, 11) is 2.27. The van der Waals surface area contributed by atoms with Gasteiger partial charge in [-0.05, 0) is 38.8 Å². The first-order valence-corrected chi connectivity index (χ1v) is 11.3. The van der Waals surface area contributed by atoms with Crippen molar-refractivity contribution in [2.24, 2.45) is 5.73 Å². The van der Waals surface area contributed by atoms with Crippen molar-refractivity contribution in [3.05, 3.63) is 41.6 Å². The Morgan fingerprint density at radius 1 is 1.00 bits per heavy atom. The lowest BCUT2D eigenvalue weighted by Gasteiger charge is -2.53. The lowest BCUT2D eigenvalue weighted by Crippen LogP contribution is -2.65. The number of nitrogens with zero attached hydrogens (tertiary/aromatic N) is 2. The average molecular weight is 395 g/mol. The van der Waals surface area contributed by atoms with Crippen molar-refractivity contribution in [3.63, 3.8) is 0 Å². The summed E-state index contributed by atoms with van der Waals surface area (Å²) < 4.78 is 0.668. The van der Waals surface area contributed by atoms with Gasteiger partial charge in [0.05, 0.1) is 11.6 Å². The molecule has 0 aromatic heterocycles. The second kappa shape index (κ2) is 7.06. The number of benzene rings is 1. The third kappa shape index (κ3) is 2.82. The van der Waals surface area contributed by atoms with Crippen molar-refractivity contribution in [2.45, 2.75) is 82.0 Å². The van der Waals surface area contributed by atoms with Crippen LogP contribution >= 0.6 is 0 Å². The minimum Gasteiger partial charge on any atom is -0.365 e. The number of nitrogens with two attached hydrogens (primary N) is 1. The normalized spacial score (nSPS) is 35.3. The van der Waals surface area contributed by atoms with E-state index < -0.39 is 5.91 Å². The molecule has 5 rings (SSSR count). The van der Waals surface area contributed by atoms with E-state index in [1.165, 1.54) is 32.1 Å². The average Bonchev–Trinajstić information content (AvgIpc) is 2.94. The molecular weight excluding hydrogens is 362 g/mol. The first-order chi connectivity index (χ1) is 14.0. The zero-order valence-corrected chi connectivity index (χ0v) is 17.3. The number of hydrogen-bond acceptors (Lipinski definition) is 3. The molecule has 3 unspecified atom stereocenters. The monoisotopic (exact) mass is 394 g/mol. The van der Waals surface area contributed by atoms with Crippen LogP contribution < -0.4 is 10.2 Å². The van der Waals surface area contributed by atoms with Crippen molar-refractivity contribution in [2.75, 3.05) is 7.05 Å². The fourth-order valence-corrected chi connectivity index (χ4v) is 6.81. The van der Waals surface area contributed by atoms with Gasteiger partial charge in [-0.1, -0.05) is 18.6 Å². The molecule has 5 nitrogen and oxygen atoms in total. The maximum Gasteiger partial charge on any atom is 0.258 e. The summed E-state index contributed by atoms with van der Waals surface area (Å²) in [4.78, 5) is 28.0. The standard InChI is InChI=1S/C24H31N3O2/c1-26-16-11-12-17(26)14-19(13-16)27(18-7-3-2-4-8-18)15-21(24(25)29)23(28)20-9-5-6-10-22(20)27/h5-6,9-10,15-19H,2-4,7-8,11-14H2,1H3,(H-,25,29)/p+1. The van der Waals surface area contributed by atoms with Crippen molar-refractivity contribution in [3.8, 4) is 0 Å². The van der Waals surface area contributed by atoms with Crippen LogP contribution in [0.3, 0.4) is 0 Å². The van der Waals surface area contributed by atoms with Crippen molar-refractivity contribution in [1.82, 2.24) is 9.38 Å². The van der Waals surface area contributed by atoms with E-state index in [0.717, 1.165) is 31.4 Å². The molecule has 29 heavy (non-hydrogen) atoms. The van der Waals surface area contributed by atoms with E-state index in [9.17, 15) is 9.59 Å². The van der Waals surface area contributed by atoms with Gasteiger partial charge in [-0.2, -0.15) is 0 Å². The summed E-state index contributed by atoms with van der Waals surface area (Å²) in [5.41, 5.74) is 7.71. The van der Waals surface area contributed by atoms with E-state index in [1.54, 1.807) is 0 Å². The number of para-hydroxylation sites is 1. The fraction of sp³-hybridized carbons (Fsp3) is 0.583. The number of rotatable bonds is 3. The molecule has 154 valence electrons. The quantitative estimate of drug-likeness (QED) is 0.630. The number of fused-ring (bicyclic) bond motifs is 3. The van der Waals surface area contributed by atoms with Gasteiger partial charge in [0.25, 0.3) is 5.91 Å². The maximum atomic E-state index is 13.1. The zero-order chi connectivity index (χ0) is 20.2. The van der Waals surface area contributed by atoms with Crippen molar-refractivity contribution < 1.29 is 9.59 Å². The maximum absolute atomic E-state index is 13.1. The molecule has 0 spiro atoms. The van der Waals surface area contributed by atoms with Gasteiger partial charge in [-0.25, -0.2) is 0 Å². The minimum absolute atomic E-state index is 0.195. The van der Waals surface area contributed by atoms with Gasteiger partial charge in [0.15, 0.2) is 0 Å². The highest BCUT2D eigenvalue weighted by molar-refractivity contribution is 6.28. The molecule has 1 aromatic carbocycles. The summed E-state index contributed by atoms with van der Waals surface area (Å²) in [6, 6.07) is 10.0. The van der Waals surface area contributed by atoms with E-state index >= 15 is 0 Å². The highest BCUT2D eigenvalue weighted by Crippen LogP contribution is 2.48. The number of amides is 1. The lowest BCUT2D eigenvalue weighted by atomic mass is 9.82. The molecular formula is C24H32N3O2+. The van der Waals surface area contributed by atoms with E-state index in [4.69, 9.17) is 5.73 Å². The van der Waals surface area contributed by atoms with Crippen molar-refractivity contribution in [1.29, 1.82) is 0 Å². The van der Waals surface area contributed by atoms with Crippen LogP contribution in [0.15, 0.2) is 36.0 Å². The second-order valence-corrected chi connectivity index (χ2v) is 9.56. The molecule has 3 fully saturated rings. The first-order valence-electron chi connectivity index (χ1n) is 11.3. The number of carbonyl (C=O) groups is 2. The Labute approximate surface area is 173 Å². The number of ketones is 1. The predicted molar refractivity (Wildman–Crippen MR) is 114 cm³/mol. The number of Topliss-reactive ketones (excluding diaryl/α,β-unsaturated/α-hetero) is 1. The SMILES string of the molecule is CN1C2CCC1CC([N+]1(C3CCCCC3)C=C(C(N)=O)C(=O)c3ccccc31)C2. The zero-order valence-electron chi connectivity index (χ0n) is 17.3. The minimum atomic E-state index is -0.585. The van der Waals surface area contributed by atoms with Gasteiger partial charge in [0.1, 0.15) is 23.5 Å². The van der Waals surface area contributed by atoms with Crippen LogP contribution in [0, 0.1) is 0 Å². The summed E-state index contributed by atoms with van der Waals surface area (Å²) in [6.45, 7) is 0. The number of hydrogen-bond donors (Lipinski definition) is 1. The Balaban J connectivity index is 1.71. The van der Waals surface area contributed by atoms with E-state index in [2.05, 4.69) is 24.1 Å². The third-order valence-electron chi connectivity index (χ3n) is 8.28.